The largest absolute Gasteiger partial charge is 0.385 e. The molecule has 2 nitrogen and oxygen atoms in total. The fourth-order valence-corrected chi connectivity index (χ4v) is 2.05. The molecular weight excluding hydrogens is 234 g/mol. The highest BCUT2D eigenvalue weighted by atomic mass is 16.1. The number of hydrogen-bond acceptors (Lipinski definition) is 2. The van der Waals surface area contributed by atoms with Crippen molar-refractivity contribution < 1.29 is 4.79 Å². The molecule has 0 aliphatic carbocycles. The first kappa shape index (κ1) is 15.7. The first-order valence-corrected chi connectivity index (χ1v) is 7.53. The smallest absolute Gasteiger partial charge is 0.165 e. The maximum atomic E-state index is 11.8. The molecule has 0 unspecified atom stereocenters. The monoisotopic (exact) mass is 261 g/mol. The molecule has 1 N–H and O–H groups in total. The van der Waals surface area contributed by atoms with Crippen molar-refractivity contribution in [3.8, 4) is 0 Å². The van der Waals surface area contributed by atoms with Crippen LogP contribution in [0.15, 0.2) is 24.3 Å². The van der Waals surface area contributed by atoms with Crippen LogP contribution < -0.4 is 5.32 Å². The van der Waals surface area contributed by atoms with Crippen molar-refractivity contribution in [3.63, 3.8) is 0 Å². The Balaban J connectivity index is 2.30. The average molecular weight is 261 g/mol. The molecule has 0 heterocycles. The van der Waals surface area contributed by atoms with E-state index >= 15 is 0 Å². The van der Waals surface area contributed by atoms with Crippen molar-refractivity contribution in [2.24, 2.45) is 5.92 Å². The molecule has 0 amide bonds. The molecule has 1 aromatic rings. The molecule has 0 bridgehead atoms. The summed E-state index contributed by atoms with van der Waals surface area (Å²) in [6.07, 6.45) is 6.47. The Bertz CT molecular complexity index is 367. The molecular formula is C17H27NO. The predicted molar refractivity (Wildman–Crippen MR) is 82.9 cm³/mol. The van der Waals surface area contributed by atoms with Gasteiger partial charge in [-0.05, 0) is 30.7 Å². The number of carbonyl (C=O) groups is 1. The Morgan fingerprint density at radius 1 is 1.05 bits per heavy atom. The van der Waals surface area contributed by atoms with E-state index in [0.29, 0.717) is 0 Å². The minimum Gasteiger partial charge on any atom is -0.385 e. The molecule has 0 saturated carbocycles. The molecule has 0 aliphatic heterocycles. The maximum Gasteiger partial charge on any atom is 0.165 e. The number of nitrogens with one attached hydrogen (secondary N) is 1. The Morgan fingerprint density at radius 3 is 2.26 bits per heavy atom. The van der Waals surface area contributed by atoms with Crippen molar-refractivity contribution in [2.45, 2.75) is 52.9 Å². The second-order valence-electron chi connectivity index (χ2n) is 5.44. The van der Waals surface area contributed by atoms with E-state index in [1.54, 1.807) is 0 Å². The minimum absolute atomic E-state index is 0.0670. The Morgan fingerprint density at radius 2 is 1.68 bits per heavy atom. The molecule has 1 aromatic carbocycles. The number of benzene rings is 1. The van der Waals surface area contributed by atoms with Crippen molar-refractivity contribution in [3.05, 3.63) is 29.8 Å². The van der Waals surface area contributed by atoms with Crippen LogP contribution in [0.4, 0.5) is 5.69 Å². The van der Waals surface area contributed by atoms with Gasteiger partial charge in [-0.1, -0.05) is 46.5 Å². The number of carbonyl (C=O) groups excluding carboxylic acids is 1. The molecule has 106 valence electrons. The minimum atomic E-state index is 0.0670. The zero-order valence-electron chi connectivity index (χ0n) is 12.5. The molecule has 2 heteroatoms. The number of ketones is 1. The van der Waals surface area contributed by atoms with Crippen LogP contribution in [0.2, 0.25) is 0 Å². The summed E-state index contributed by atoms with van der Waals surface area (Å²) in [5, 5.41) is 3.41. The van der Waals surface area contributed by atoms with E-state index in [1.807, 2.05) is 38.1 Å². The zero-order valence-corrected chi connectivity index (χ0v) is 12.5. The zero-order chi connectivity index (χ0) is 14.1. The van der Waals surface area contributed by atoms with Gasteiger partial charge in [-0.15, -0.1) is 0 Å². The van der Waals surface area contributed by atoms with Gasteiger partial charge in [0.05, 0.1) is 0 Å². The molecule has 1 rings (SSSR count). The van der Waals surface area contributed by atoms with Gasteiger partial charge >= 0.3 is 0 Å². The molecule has 0 atom stereocenters. The van der Waals surface area contributed by atoms with E-state index in [0.717, 1.165) is 17.8 Å². The Kier molecular flexibility index (Phi) is 7.24. The second-order valence-corrected chi connectivity index (χ2v) is 5.44. The number of Topliss-reactive ketones (excluding diaryl/α,β-unsaturated/α-hetero) is 1. The fourth-order valence-electron chi connectivity index (χ4n) is 2.05. The molecule has 0 radical (unpaired) electrons. The van der Waals surface area contributed by atoms with Gasteiger partial charge in [0.25, 0.3) is 0 Å². The van der Waals surface area contributed by atoms with Gasteiger partial charge < -0.3 is 5.32 Å². The summed E-state index contributed by atoms with van der Waals surface area (Å²) in [6.45, 7) is 7.12. The lowest BCUT2D eigenvalue weighted by molar-refractivity contribution is 0.0939. The quantitative estimate of drug-likeness (QED) is 0.505. The van der Waals surface area contributed by atoms with Crippen molar-refractivity contribution in [1.29, 1.82) is 0 Å². The molecule has 19 heavy (non-hydrogen) atoms. The lowest BCUT2D eigenvalue weighted by atomic mass is 10.0. The Hall–Kier alpha value is -1.31. The van der Waals surface area contributed by atoms with Crippen LogP contribution in [0.5, 0.6) is 0 Å². The summed E-state index contributed by atoms with van der Waals surface area (Å²) in [7, 11) is 0. The standard InChI is InChI=1S/C17H27NO/c1-4-5-6-7-8-13-18-16-11-9-15(10-12-16)17(19)14(2)3/h9-12,14,18H,4-8,13H2,1-3H3. The van der Waals surface area contributed by atoms with Gasteiger partial charge in [0, 0.05) is 23.7 Å². The van der Waals surface area contributed by atoms with Crippen molar-refractivity contribution in [2.75, 3.05) is 11.9 Å². The first-order chi connectivity index (χ1) is 9.15. The van der Waals surface area contributed by atoms with Gasteiger partial charge in [-0.3, -0.25) is 4.79 Å². The van der Waals surface area contributed by atoms with Crippen molar-refractivity contribution >= 4 is 11.5 Å². The summed E-state index contributed by atoms with van der Waals surface area (Å²) < 4.78 is 0. The van der Waals surface area contributed by atoms with Crippen molar-refractivity contribution in [1.82, 2.24) is 0 Å². The molecule has 0 aromatic heterocycles. The average Bonchev–Trinajstić information content (AvgIpc) is 2.42. The normalized spacial score (nSPS) is 10.7. The summed E-state index contributed by atoms with van der Waals surface area (Å²) in [5.41, 5.74) is 1.92. The summed E-state index contributed by atoms with van der Waals surface area (Å²) in [4.78, 5) is 11.8. The second kappa shape index (κ2) is 8.73. The fraction of sp³-hybridized carbons (Fsp3) is 0.588. The van der Waals surface area contributed by atoms with Crippen LogP contribution in [0.25, 0.3) is 0 Å². The summed E-state index contributed by atoms with van der Waals surface area (Å²) in [5.74, 6) is 0.281. The van der Waals surface area contributed by atoms with Crippen LogP contribution >= 0.6 is 0 Å². The summed E-state index contributed by atoms with van der Waals surface area (Å²) >= 11 is 0. The lowest BCUT2D eigenvalue weighted by Gasteiger charge is -2.08. The van der Waals surface area contributed by atoms with E-state index < -0.39 is 0 Å². The van der Waals surface area contributed by atoms with Gasteiger partial charge in [-0.25, -0.2) is 0 Å². The van der Waals surface area contributed by atoms with Crippen LogP contribution in [0.1, 0.15) is 63.2 Å². The van der Waals surface area contributed by atoms with E-state index in [2.05, 4.69) is 12.2 Å². The SMILES string of the molecule is CCCCCCCNc1ccc(C(=O)C(C)C)cc1. The molecule has 0 spiro atoms. The molecule has 0 saturated heterocycles. The lowest BCUT2D eigenvalue weighted by Crippen LogP contribution is -2.07. The van der Waals surface area contributed by atoms with Gasteiger partial charge in [-0.2, -0.15) is 0 Å². The van der Waals surface area contributed by atoms with E-state index in [-0.39, 0.29) is 11.7 Å². The van der Waals surface area contributed by atoms with Gasteiger partial charge in [0.1, 0.15) is 0 Å². The third-order valence-electron chi connectivity index (χ3n) is 3.30. The van der Waals surface area contributed by atoms with E-state index in [1.165, 1.54) is 32.1 Å². The van der Waals surface area contributed by atoms with Crippen LogP contribution in [-0.2, 0) is 0 Å². The highest BCUT2D eigenvalue weighted by Gasteiger charge is 2.09. The third-order valence-corrected chi connectivity index (χ3v) is 3.30. The van der Waals surface area contributed by atoms with Crippen LogP contribution in [-0.4, -0.2) is 12.3 Å². The maximum absolute atomic E-state index is 11.8. The predicted octanol–water partition coefficient (Wildman–Crippen LogP) is 4.91. The van der Waals surface area contributed by atoms with Gasteiger partial charge in [0.15, 0.2) is 5.78 Å². The molecule has 0 fully saturated rings. The molecule has 0 aliphatic rings. The van der Waals surface area contributed by atoms with E-state index in [4.69, 9.17) is 0 Å². The Labute approximate surface area is 117 Å². The first-order valence-electron chi connectivity index (χ1n) is 7.53. The number of unbranched alkanes of at least 4 members (excludes halogenated alkanes) is 4. The van der Waals surface area contributed by atoms with Crippen LogP contribution in [0.3, 0.4) is 0 Å². The van der Waals surface area contributed by atoms with E-state index in [9.17, 15) is 4.79 Å². The summed E-state index contributed by atoms with van der Waals surface area (Å²) in [6, 6.07) is 7.84. The van der Waals surface area contributed by atoms with Gasteiger partial charge in [0.2, 0.25) is 0 Å². The number of anilines is 1. The third kappa shape index (κ3) is 5.91. The topological polar surface area (TPSA) is 29.1 Å². The highest BCUT2D eigenvalue weighted by molar-refractivity contribution is 5.97. The number of rotatable bonds is 9. The number of hydrogen-bond donors (Lipinski definition) is 1. The van der Waals surface area contributed by atoms with Crippen LogP contribution in [0, 0.1) is 5.92 Å². The highest BCUT2D eigenvalue weighted by Crippen LogP contribution is 2.13.